The van der Waals surface area contributed by atoms with Gasteiger partial charge in [0.05, 0.1) is 30.5 Å². The summed E-state index contributed by atoms with van der Waals surface area (Å²) in [6, 6.07) is 5.26. The molecular formula is C12H11Cl2NO2. The molecule has 0 unspecified atom stereocenters. The van der Waals surface area contributed by atoms with Gasteiger partial charge in [0.2, 0.25) is 0 Å². The number of esters is 1. The summed E-state index contributed by atoms with van der Waals surface area (Å²) in [5.41, 5.74) is 1.63. The number of carbonyl (C=O) groups is 1. The second-order valence-corrected chi connectivity index (χ2v) is 4.01. The van der Waals surface area contributed by atoms with E-state index in [4.69, 9.17) is 33.2 Å². The van der Waals surface area contributed by atoms with Crippen molar-refractivity contribution in [1.82, 2.24) is 0 Å². The maximum absolute atomic E-state index is 11.3. The van der Waals surface area contributed by atoms with E-state index in [1.54, 1.807) is 19.1 Å². The molecule has 0 amide bonds. The number of hydrogen-bond donors (Lipinski definition) is 0. The summed E-state index contributed by atoms with van der Waals surface area (Å²) >= 11 is 11.7. The van der Waals surface area contributed by atoms with E-state index < -0.39 is 0 Å². The molecule has 0 N–H and O–H groups in total. The van der Waals surface area contributed by atoms with E-state index >= 15 is 0 Å². The fraction of sp³-hybridized carbons (Fsp3) is 0.333. The Labute approximate surface area is 110 Å². The quantitative estimate of drug-likeness (QED) is 0.625. The topological polar surface area (TPSA) is 50.1 Å². The predicted octanol–water partition coefficient (Wildman–Crippen LogP) is 3.06. The highest BCUT2D eigenvalue weighted by Crippen LogP contribution is 2.24. The molecule has 90 valence electrons. The van der Waals surface area contributed by atoms with Crippen LogP contribution in [0.2, 0.25) is 5.02 Å². The van der Waals surface area contributed by atoms with E-state index in [1.165, 1.54) is 0 Å². The summed E-state index contributed by atoms with van der Waals surface area (Å²) in [7, 11) is 0. The lowest BCUT2D eigenvalue weighted by Crippen LogP contribution is -2.08. The summed E-state index contributed by atoms with van der Waals surface area (Å²) < 4.78 is 4.82. The van der Waals surface area contributed by atoms with Crippen LogP contribution in [0.5, 0.6) is 0 Å². The Morgan fingerprint density at radius 1 is 1.53 bits per heavy atom. The fourth-order valence-corrected chi connectivity index (χ4v) is 2.07. The van der Waals surface area contributed by atoms with Gasteiger partial charge in [-0.15, -0.1) is 11.6 Å². The molecule has 0 aliphatic rings. The number of benzene rings is 1. The smallest absolute Gasteiger partial charge is 0.310 e. The van der Waals surface area contributed by atoms with Crippen molar-refractivity contribution in [2.45, 2.75) is 19.2 Å². The summed E-state index contributed by atoms with van der Waals surface area (Å²) in [5.74, 6) is -0.174. The number of ether oxygens (including phenoxy) is 1. The average Bonchev–Trinajstić information content (AvgIpc) is 2.28. The standard InChI is InChI=1S/C12H11Cl2NO2/c1-2-17-12(16)5-8-3-9(7-15)10(6-13)11(14)4-8/h3-4H,2,5-6H2,1H3. The van der Waals surface area contributed by atoms with Gasteiger partial charge in [-0.3, -0.25) is 4.79 Å². The third-order valence-corrected chi connectivity index (χ3v) is 2.77. The first-order valence-corrected chi connectivity index (χ1v) is 5.96. The summed E-state index contributed by atoms with van der Waals surface area (Å²) in [4.78, 5) is 11.3. The van der Waals surface area contributed by atoms with Gasteiger partial charge in [0.1, 0.15) is 0 Å². The van der Waals surface area contributed by atoms with Gasteiger partial charge in [-0.25, -0.2) is 0 Å². The Hall–Kier alpha value is -1.24. The number of nitrogens with zero attached hydrogens (tertiary/aromatic N) is 1. The molecule has 0 bridgehead atoms. The van der Waals surface area contributed by atoms with Crippen molar-refractivity contribution in [2.75, 3.05) is 6.61 Å². The molecule has 0 aliphatic carbocycles. The molecule has 1 rings (SSSR count). The average molecular weight is 272 g/mol. The zero-order chi connectivity index (χ0) is 12.8. The number of alkyl halides is 1. The first-order chi connectivity index (χ1) is 8.12. The molecule has 1 aromatic carbocycles. The van der Waals surface area contributed by atoms with Gasteiger partial charge >= 0.3 is 5.97 Å². The van der Waals surface area contributed by atoms with Crippen molar-refractivity contribution in [1.29, 1.82) is 5.26 Å². The molecule has 5 heteroatoms. The summed E-state index contributed by atoms with van der Waals surface area (Å²) in [6.07, 6.45) is 0.102. The maximum atomic E-state index is 11.3. The minimum Gasteiger partial charge on any atom is -0.466 e. The molecule has 0 fully saturated rings. The van der Waals surface area contributed by atoms with Gasteiger partial charge in [0.25, 0.3) is 0 Å². The summed E-state index contributed by atoms with van der Waals surface area (Å²) in [6.45, 7) is 2.07. The number of halogens is 2. The number of rotatable bonds is 4. The van der Waals surface area contributed by atoms with E-state index in [0.717, 1.165) is 0 Å². The zero-order valence-electron chi connectivity index (χ0n) is 9.30. The molecule has 17 heavy (non-hydrogen) atoms. The van der Waals surface area contributed by atoms with E-state index in [0.29, 0.717) is 28.3 Å². The van der Waals surface area contributed by atoms with E-state index in [9.17, 15) is 4.79 Å². The van der Waals surface area contributed by atoms with Crippen LogP contribution in [-0.4, -0.2) is 12.6 Å². The van der Waals surface area contributed by atoms with E-state index in [-0.39, 0.29) is 18.3 Å². The van der Waals surface area contributed by atoms with Crippen molar-refractivity contribution in [3.8, 4) is 6.07 Å². The first kappa shape index (κ1) is 13.8. The van der Waals surface area contributed by atoms with Gasteiger partial charge in [0.15, 0.2) is 0 Å². The highest BCUT2D eigenvalue weighted by atomic mass is 35.5. The van der Waals surface area contributed by atoms with Crippen molar-refractivity contribution in [2.24, 2.45) is 0 Å². The molecule has 0 saturated carbocycles. The van der Waals surface area contributed by atoms with Crippen molar-refractivity contribution in [3.63, 3.8) is 0 Å². The molecule has 3 nitrogen and oxygen atoms in total. The molecule has 0 radical (unpaired) electrons. The Morgan fingerprint density at radius 3 is 2.76 bits per heavy atom. The minimum absolute atomic E-state index is 0.102. The Morgan fingerprint density at radius 2 is 2.24 bits per heavy atom. The second-order valence-electron chi connectivity index (χ2n) is 3.33. The van der Waals surface area contributed by atoms with E-state index in [1.807, 2.05) is 6.07 Å². The maximum Gasteiger partial charge on any atom is 0.310 e. The molecular weight excluding hydrogens is 261 g/mol. The Balaban J connectivity index is 3.00. The van der Waals surface area contributed by atoms with Crippen LogP contribution in [0.15, 0.2) is 12.1 Å². The van der Waals surface area contributed by atoms with Crippen molar-refractivity contribution >= 4 is 29.2 Å². The zero-order valence-corrected chi connectivity index (χ0v) is 10.8. The lowest BCUT2D eigenvalue weighted by molar-refractivity contribution is -0.142. The highest BCUT2D eigenvalue weighted by Gasteiger charge is 2.11. The SMILES string of the molecule is CCOC(=O)Cc1cc(Cl)c(CCl)c(C#N)c1. The number of hydrogen-bond acceptors (Lipinski definition) is 3. The predicted molar refractivity (Wildman–Crippen MR) is 66.1 cm³/mol. The second kappa shape index (κ2) is 6.48. The van der Waals surface area contributed by atoms with Crippen LogP contribution in [0.25, 0.3) is 0 Å². The van der Waals surface area contributed by atoms with Gasteiger partial charge in [-0.05, 0) is 24.6 Å². The van der Waals surface area contributed by atoms with Crippen LogP contribution >= 0.6 is 23.2 Å². The van der Waals surface area contributed by atoms with Crippen molar-refractivity contribution in [3.05, 3.63) is 33.8 Å². The third-order valence-electron chi connectivity index (χ3n) is 2.16. The van der Waals surface area contributed by atoms with Crippen LogP contribution in [0.1, 0.15) is 23.6 Å². The third kappa shape index (κ3) is 3.62. The molecule has 0 aromatic heterocycles. The Bertz CT molecular complexity index is 466. The molecule has 0 atom stereocenters. The van der Waals surface area contributed by atoms with E-state index in [2.05, 4.69) is 0 Å². The molecule has 0 heterocycles. The van der Waals surface area contributed by atoms with Crippen LogP contribution < -0.4 is 0 Å². The van der Waals surface area contributed by atoms with Gasteiger partial charge in [-0.1, -0.05) is 11.6 Å². The molecule has 0 saturated heterocycles. The van der Waals surface area contributed by atoms with Crippen molar-refractivity contribution < 1.29 is 9.53 Å². The molecule has 0 spiro atoms. The molecule has 1 aromatic rings. The fourth-order valence-electron chi connectivity index (χ4n) is 1.41. The van der Waals surface area contributed by atoms with Gasteiger partial charge in [0, 0.05) is 10.6 Å². The molecule has 0 aliphatic heterocycles. The first-order valence-electron chi connectivity index (χ1n) is 5.05. The minimum atomic E-state index is -0.342. The monoisotopic (exact) mass is 271 g/mol. The lowest BCUT2D eigenvalue weighted by atomic mass is 10.0. The Kier molecular flexibility index (Phi) is 5.27. The number of nitriles is 1. The largest absolute Gasteiger partial charge is 0.466 e. The summed E-state index contributed by atoms with van der Waals surface area (Å²) in [5, 5.41) is 9.35. The number of carbonyl (C=O) groups excluding carboxylic acids is 1. The van der Waals surface area contributed by atoms with Crippen LogP contribution in [-0.2, 0) is 21.8 Å². The van der Waals surface area contributed by atoms with Crippen LogP contribution in [0.3, 0.4) is 0 Å². The van der Waals surface area contributed by atoms with Gasteiger partial charge < -0.3 is 4.74 Å². The highest BCUT2D eigenvalue weighted by molar-refractivity contribution is 6.32. The van der Waals surface area contributed by atoms with Crippen LogP contribution in [0, 0.1) is 11.3 Å². The van der Waals surface area contributed by atoms with Gasteiger partial charge in [-0.2, -0.15) is 5.26 Å². The lowest BCUT2D eigenvalue weighted by Gasteiger charge is -2.07. The normalized spacial score (nSPS) is 9.76. The van der Waals surface area contributed by atoms with Crippen LogP contribution in [0.4, 0.5) is 0 Å².